The number of ether oxygens (including phenoxy) is 1. The molecule has 6 nitrogen and oxygen atoms in total. The molecule has 3 aromatic rings. The van der Waals surface area contributed by atoms with Crippen molar-refractivity contribution in [1.82, 2.24) is 19.6 Å². The van der Waals surface area contributed by atoms with Gasteiger partial charge in [0.05, 0.1) is 18.9 Å². The molecule has 24 heavy (non-hydrogen) atoms. The molecule has 0 bridgehead atoms. The summed E-state index contributed by atoms with van der Waals surface area (Å²) in [6.45, 7) is 0. The second-order valence-corrected chi connectivity index (χ2v) is 5.91. The van der Waals surface area contributed by atoms with Crippen molar-refractivity contribution in [2.75, 3.05) is 7.11 Å². The molecule has 8 heteroatoms. The maximum absolute atomic E-state index is 14.4. The van der Waals surface area contributed by atoms with E-state index in [4.69, 9.17) is 21.6 Å². The lowest BCUT2D eigenvalue weighted by Crippen LogP contribution is -2.04. The fraction of sp³-hybridized carbons (Fsp3) is 0.250. The minimum atomic E-state index is -0.650. The normalized spacial score (nSPS) is 13.9. The first-order valence-corrected chi connectivity index (χ1v) is 7.69. The molecule has 1 fully saturated rings. The Bertz CT molecular complexity index is 1010. The number of imidazole rings is 1. The van der Waals surface area contributed by atoms with Crippen LogP contribution in [0.25, 0.3) is 17.0 Å². The van der Waals surface area contributed by atoms with Gasteiger partial charge >= 0.3 is 0 Å². The zero-order chi connectivity index (χ0) is 16.8. The minimum Gasteiger partial charge on any atom is -0.495 e. The van der Waals surface area contributed by atoms with Crippen LogP contribution in [-0.4, -0.2) is 26.7 Å². The van der Waals surface area contributed by atoms with Crippen LogP contribution in [-0.2, 0) is 0 Å². The van der Waals surface area contributed by atoms with Crippen molar-refractivity contribution in [3.8, 4) is 23.2 Å². The molecule has 0 spiro atoms. The lowest BCUT2D eigenvalue weighted by molar-refractivity contribution is 0.405. The number of hydrogen-bond donors (Lipinski definition) is 0. The first kappa shape index (κ1) is 14.8. The molecule has 0 saturated heterocycles. The Morgan fingerprint density at radius 1 is 1.42 bits per heavy atom. The predicted molar refractivity (Wildman–Crippen MR) is 84.4 cm³/mol. The Morgan fingerprint density at radius 3 is 2.88 bits per heavy atom. The van der Waals surface area contributed by atoms with Crippen LogP contribution in [0.2, 0.25) is 5.15 Å². The van der Waals surface area contributed by atoms with E-state index in [0.717, 1.165) is 24.6 Å². The van der Waals surface area contributed by atoms with Gasteiger partial charge in [-0.25, -0.2) is 18.9 Å². The number of methoxy groups -OCH3 is 1. The molecule has 0 atom stereocenters. The highest BCUT2D eigenvalue weighted by atomic mass is 35.5. The van der Waals surface area contributed by atoms with Crippen LogP contribution < -0.4 is 4.74 Å². The maximum atomic E-state index is 14.4. The van der Waals surface area contributed by atoms with Crippen molar-refractivity contribution in [1.29, 1.82) is 5.26 Å². The summed E-state index contributed by atoms with van der Waals surface area (Å²) in [6, 6.07) is 4.64. The third kappa shape index (κ3) is 2.27. The summed E-state index contributed by atoms with van der Waals surface area (Å²) in [6.07, 6.45) is 3.58. The highest BCUT2D eigenvalue weighted by Gasteiger charge is 2.30. The maximum Gasteiger partial charge on any atom is 0.157 e. The van der Waals surface area contributed by atoms with Crippen molar-refractivity contribution in [2.45, 2.75) is 18.8 Å². The molecule has 0 radical (unpaired) electrons. The van der Waals surface area contributed by atoms with Crippen molar-refractivity contribution in [3.05, 3.63) is 40.6 Å². The first-order valence-electron chi connectivity index (χ1n) is 7.31. The van der Waals surface area contributed by atoms with E-state index in [9.17, 15) is 4.39 Å². The van der Waals surface area contributed by atoms with Crippen LogP contribution in [0.3, 0.4) is 0 Å². The van der Waals surface area contributed by atoms with Gasteiger partial charge in [0, 0.05) is 12.0 Å². The zero-order valence-corrected chi connectivity index (χ0v) is 13.4. The number of nitriles is 1. The van der Waals surface area contributed by atoms with Crippen molar-refractivity contribution in [2.24, 2.45) is 0 Å². The fourth-order valence-electron chi connectivity index (χ4n) is 2.60. The average Bonchev–Trinajstić information content (AvgIpc) is 3.35. The molecule has 0 aromatic carbocycles. The van der Waals surface area contributed by atoms with E-state index in [1.807, 2.05) is 0 Å². The van der Waals surface area contributed by atoms with Gasteiger partial charge in [-0.15, -0.1) is 0 Å². The third-order valence-electron chi connectivity index (χ3n) is 3.96. The molecule has 0 N–H and O–H groups in total. The molecule has 0 unspecified atom stereocenters. The standard InChI is InChI=1S/C16H11ClFN5O/c1-24-12-5-13-20-7-11(23(13)22-14(12)8-2-3-8)15-10(18)4-9(6-19)16(17)21-15/h4-5,7-8H,2-3H2,1H3. The van der Waals surface area contributed by atoms with E-state index in [2.05, 4.69) is 15.1 Å². The highest BCUT2D eigenvalue weighted by molar-refractivity contribution is 6.30. The Morgan fingerprint density at radius 2 is 2.21 bits per heavy atom. The van der Waals surface area contributed by atoms with Gasteiger partial charge in [-0.1, -0.05) is 11.6 Å². The molecule has 0 amide bonds. The van der Waals surface area contributed by atoms with Crippen LogP contribution in [0.1, 0.15) is 30.0 Å². The molecule has 0 aliphatic heterocycles. The smallest absolute Gasteiger partial charge is 0.157 e. The van der Waals surface area contributed by atoms with Crippen LogP contribution >= 0.6 is 11.6 Å². The molecule has 1 saturated carbocycles. The van der Waals surface area contributed by atoms with Gasteiger partial charge in [-0.2, -0.15) is 10.4 Å². The molecule has 120 valence electrons. The van der Waals surface area contributed by atoms with E-state index in [1.54, 1.807) is 19.2 Å². The number of rotatable bonds is 3. The van der Waals surface area contributed by atoms with Crippen molar-refractivity contribution >= 4 is 17.2 Å². The minimum absolute atomic E-state index is 0.00548. The molecule has 1 aliphatic carbocycles. The van der Waals surface area contributed by atoms with E-state index in [-0.39, 0.29) is 16.4 Å². The van der Waals surface area contributed by atoms with Crippen LogP contribution in [0, 0.1) is 17.1 Å². The summed E-state index contributed by atoms with van der Waals surface area (Å²) in [4.78, 5) is 8.25. The summed E-state index contributed by atoms with van der Waals surface area (Å²) in [5.74, 6) is 0.374. The van der Waals surface area contributed by atoms with Gasteiger partial charge in [0.15, 0.2) is 11.5 Å². The van der Waals surface area contributed by atoms with E-state index in [1.165, 1.54) is 10.7 Å². The van der Waals surface area contributed by atoms with Gasteiger partial charge in [-0.05, 0) is 18.9 Å². The monoisotopic (exact) mass is 343 g/mol. The SMILES string of the molecule is COc1cc2ncc(-c3nc(Cl)c(C#N)cc3F)n2nc1C1CC1. The van der Waals surface area contributed by atoms with Gasteiger partial charge in [-0.3, -0.25) is 0 Å². The fourth-order valence-corrected chi connectivity index (χ4v) is 2.78. The number of aromatic nitrogens is 4. The van der Waals surface area contributed by atoms with E-state index in [0.29, 0.717) is 23.0 Å². The third-order valence-corrected chi connectivity index (χ3v) is 4.25. The Labute approximate surface area is 141 Å². The van der Waals surface area contributed by atoms with Gasteiger partial charge in [0.2, 0.25) is 0 Å². The largest absolute Gasteiger partial charge is 0.495 e. The molecule has 1 aliphatic rings. The van der Waals surface area contributed by atoms with Gasteiger partial charge < -0.3 is 4.74 Å². The van der Waals surface area contributed by atoms with Gasteiger partial charge in [0.1, 0.15) is 34.1 Å². The number of fused-ring (bicyclic) bond motifs is 1. The average molecular weight is 344 g/mol. The zero-order valence-electron chi connectivity index (χ0n) is 12.6. The highest BCUT2D eigenvalue weighted by Crippen LogP contribution is 2.43. The lowest BCUT2D eigenvalue weighted by Gasteiger charge is -2.09. The summed E-state index contributed by atoms with van der Waals surface area (Å²) in [5.41, 5.74) is 1.71. The summed E-state index contributed by atoms with van der Waals surface area (Å²) in [7, 11) is 1.59. The quantitative estimate of drug-likeness (QED) is 0.682. The van der Waals surface area contributed by atoms with Crippen molar-refractivity contribution in [3.63, 3.8) is 0 Å². The summed E-state index contributed by atoms with van der Waals surface area (Å²) >= 11 is 5.94. The lowest BCUT2D eigenvalue weighted by atomic mass is 10.2. The molecular weight excluding hydrogens is 333 g/mol. The van der Waals surface area contributed by atoms with E-state index < -0.39 is 5.82 Å². The first-order chi connectivity index (χ1) is 11.6. The number of halogens is 2. The Balaban J connectivity index is 1.93. The number of nitrogens with zero attached hydrogens (tertiary/aromatic N) is 5. The molecule has 3 aromatic heterocycles. The van der Waals surface area contributed by atoms with Crippen LogP contribution in [0.15, 0.2) is 18.3 Å². The Kier molecular flexibility index (Phi) is 3.36. The molecular formula is C16H11ClFN5O. The number of pyridine rings is 1. The van der Waals surface area contributed by atoms with Gasteiger partial charge in [0.25, 0.3) is 0 Å². The topological polar surface area (TPSA) is 76.1 Å². The van der Waals surface area contributed by atoms with Crippen LogP contribution in [0.5, 0.6) is 5.75 Å². The molecule has 4 rings (SSSR count). The summed E-state index contributed by atoms with van der Waals surface area (Å²) in [5, 5.41) is 13.4. The van der Waals surface area contributed by atoms with E-state index >= 15 is 0 Å². The Hall–Kier alpha value is -2.72. The second-order valence-electron chi connectivity index (χ2n) is 5.55. The van der Waals surface area contributed by atoms with Crippen LogP contribution in [0.4, 0.5) is 4.39 Å². The summed E-state index contributed by atoms with van der Waals surface area (Å²) < 4.78 is 21.3. The number of hydrogen-bond acceptors (Lipinski definition) is 5. The van der Waals surface area contributed by atoms with Crippen molar-refractivity contribution < 1.29 is 9.13 Å². The molecule has 3 heterocycles. The predicted octanol–water partition coefficient (Wildman–Crippen LogP) is 3.34. The second kappa shape index (κ2) is 5.42.